The summed E-state index contributed by atoms with van der Waals surface area (Å²) in [6.07, 6.45) is 4.11. The van der Waals surface area contributed by atoms with Crippen molar-refractivity contribution in [1.82, 2.24) is 10.2 Å². The van der Waals surface area contributed by atoms with Crippen molar-refractivity contribution >= 4 is 11.8 Å². The number of amides is 2. The SMILES string of the molecule is CCN(C(C)=O)C1CCCCC1NC(=O)CN. The molecule has 0 aliphatic heterocycles. The lowest BCUT2D eigenvalue weighted by atomic mass is 9.89. The normalized spacial score (nSPS) is 24.2. The maximum absolute atomic E-state index is 11.6. The smallest absolute Gasteiger partial charge is 0.234 e. The van der Waals surface area contributed by atoms with Gasteiger partial charge < -0.3 is 16.0 Å². The first-order valence-electron chi connectivity index (χ1n) is 6.36. The van der Waals surface area contributed by atoms with Crippen molar-refractivity contribution in [2.24, 2.45) is 5.73 Å². The van der Waals surface area contributed by atoms with E-state index in [0.29, 0.717) is 6.54 Å². The lowest BCUT2D eigenvalue weighted by molar-refractivity contribution is -0.133. The summed E-state index contributed by atoms with van der Waals surface area (Å²) in [4.78, 5) is 24.8. The van der Waals surface area contributed by atoms with Gasteiger partial charge in [0.1, 0.15) is 0 Å². The average molecular weight is 241 g/mol. The van der Waals surface area contributed by atoms with Crippen LogP contribution in [-0.4, -0.2) is 41.9 Å². The van der Waals surface area contributed by atoms with E-state index in [-0.39, 0.29) is 30.4 Å². The number of nitrogens with zero attached hydrogens (tertiary/aromatic N) is 1. The Kier molecular flexibility index (Phi) is 5.41. The molecule has 2 atom stereocenters. The molecule has 1 fully saturated rings. The molecule has 0 aromatic heterocycles. The van der Waals surface area contributed by atoms with E-state index in [1.54, 1.807) is 6.92 Å². The van der Waals surface area contributed by atoms with Crippen LogP contribution in [0.1, 0.15) is 39.5 Å². The highest BCUT2D eigenvalue weighted by Crippen LogP contribution is 2.23. The van der Waals surface area contributed by atoms with Crippen LogP contribution < -0.4 is 11.1 Å². The van der Waals surface area contributed by atoms with Gasteiger partial charge in [-0.1, -0.05) is 12.8 Å². The largest absolute Gasteiger partial charge is 0.350 e. The second-order valence-corrected chi connectivity index (χ2v) is 4.53. The molecule has 5 nitrogen and oxygen atoms in total. The molecule has 0 radical (unpaired) electrons. The number of nitrogens with two attached hydrogens (primary N) is 1. The fraction of sp³-hybridized carbons (Fsp3) is 0.833. The highest BCUT2D eigenvalue weighted by molar-refractivity contribution is 5.78. The molecule has 98 valence electrons. The van der Waals surface area contributed by atoms with Crippen molar-refractivity contribution < 1.29 is 9.59 Å². The zero-order valence-electron chi connectivity index (χ0n) is 10.7. The van der Waals surface area contributed by atoms with Crippen molar-refractivity contribution in [3.05, 3.63) is 0 Å². The fourth-order valence-electron chi connectivity index (χ4n) is 2.61. The van der Waals surface area contributed by atoms with Crippen molar-refractivity contribution in [2.75, 3.05) is 13.1 Å². The Labute approximate surface area is 103 Å². The first-order chi connectivity index (χ1) is 8.10. The molecule has 0 saturated heterocycles. The third kappa shape index (κ3) is 3.70. The first-order valence-corrected chi connectivity index (χ1v) is 6.36. The van der Waals surface area contributed by atoms with Gasteiger partial charge in [-0.15, -0.1) is 0 Å². The minimum atomic E-state index is -0.137. The Morgan fingerprint density at radius 2 is 2.00 bits per heavy atom. The van der Waals surface area contributed by atoms with Crippen LogP contribution in [0, 0.1) is 0 Å². The van der Waals surface area contributed by atoms with Crippen LogP contribution >= 0.6 is 0 Å². The zero-order valence-corrected chi connectivity index (χ0v) is 10.7. The summed E-state index contributed by atoms with van der Waals surface area (Å²) in [5.41, 5.74) is 5.31. The topological polar surface area (TPSA) is 75.4 Å². The maximum atomic E-state index is 11.6. The number of nitrogens with one attached hydrogen (secondary N) is 1. The van der Waals surface area contributed by atoms with Crippen LogP contribution in [-0.2, 0) is 9.59 Å². The number of rotatable bonds is 4. The second-order valence-electron chi connectivity index (χ2n) is 4.53. The number of carbonyl (C=O) groups excluding carboxylic acids is 2. The van der Waals surface area contributed by atoms with Crippen LogP contribution in [0.4, 0.5) is 0 Å². The lowest BCUT2D eigenvalue weighted by Crippen LogP contribution is -2.55. The molecule has 5 heteroatoms. The van der Waals surface area contributed by atoms with Crippen LogP contribution in [0.25, 0.3) is 0 Å². The van der Waals surface area contributed by atoms with E-state index in [1.807, 2.05) is 11.8 Å². The molecule has 2 amide bonds. The van der Waals surface area contributed by atoms with E-state index >= 15 is 0 Å². The predicted molar refractivity (Wildman–Crippen MR) is 66.3 cm³/mol. The van der Waals surface area contributed by atoms with Crippen LogP contribution in [0.2, 0.25) is 0 Å². The molecule has 17 heavy (non-hydrogen) atoms. The van der Waals surface area contributed by atoms with Crippen molar-refractivity contribution in [3.63, 3.8) is 0 Å². The molecule has 3 N–H and O–H groups in total. The Balaban J connectivity index is 2.70. The highest BCUT2D eigenvalue weighted by atomic mass is 16.2. The van der Waals surface area contributed by atoms with Crippen molar-refractivity contribution in [1.29, 1.82) is 0 Å². The summed E-state index contributed by atoms with van der Waals surface area (Å²) in [6, 6.07) is 0.186. The number of likely N-dealkylation sites (N-methyl/N-ethyl adjacent to an activating group) is 1. The summed E-state index contributed by atoms with van der Waals surface area (Å²) < 4.78 is 0. The summed E-state index contributed by atoms with van der Waals surface area (Å²) in [7, 11) is 0. The van der Waals surface area contributed by atoms with E-state index < -0.39 is 0 Å². The molecule has 1 saturated carbocycles. The summed E-state index contributed by atoms with van der Waals surface area (Å²) in [5.74, 6) is -0.0621. The van der Waals surface area contributed by atoms with Gasteiger partial charge in [-0.2, -0.15) is 0 Å². The van der Waals surface area contributed by atoms with Gasteiger partial charge in [0.25, 0.3) is 0 Å². The van der Waals surface area contributed by atoms with Gasteiger partial charge in [0.05, 0.1) is 12.6 Å². The standard InChI is InChI=1S/C12H23N3O2/c1-3-15(9(2)16)11-7-5-4-6-10(11)14-12(17)8-13/h10-11H,3-8,13H2,1-2H3,(H,14,17). The Bertz CT molecular complexity index is 281. The molecule has 0 bridgehead atoms. The number of hydrogen-bond donors (Lipinski definition) is 2. The predicted octanol–water partition coefficient (Wildman–Crippen LogP) is 0.241. The van der Waals surface area contributed by atoms with Crippen LogP contribution in [0.5, 0.6) is 0 Å². The maximum Gasteiger partial charge on any atom is 0.234 e. The van der Waals surface area contributed by atoms with Gasteiger partial charge in [0, 0.05) is 19.5 Å². The molecule has 0 aromatic carbocycles. The lowest BCUT2D eigenvalue weighted by Gasteiger charge is -2.39. The van der Waals surface area contributed by atoms with E-state index in [0.717, 1.165) is 25.7 Å². The van der Waals surface area contributed by atoms with Gasteiger partial charge in [0.15, 0.2) is 0 Å². The number of hydrogen-bond acceptors (Lipinski definition) is 3. The van der Waals surface area contributed by atoms with E-state index in [2.05, 4.69) is 5.32 Å². The molecule has 0 aromatic rings. The third-order valence-electron chi connectivity index (χ3n) is 3.41. The van der Waals surface area contributed by atoms with Gasteiger partial charge in [-0.3, -0.25) is 9.59 Å². The molecular weight excluding hydrogens is 218 g/mol. The molecule has 1 rings (SSSR count). The van der Waals surface area contributed by atoms with Crippen molar-refractivity contribution in [3.8, 4) is 0 Å². The Morgan fingerprint density at radius 3 is 2.53 bits per heavy atom. The van der Waals surface area contributed by atoms with Gasteiger partial charge in [0.2, 0.25) is 11.8 Å². The fourth-order valence-corrected chi connectivity index (χ4v) is 2.61. The quantitative estimate of drug-likeness (QED) is 0.740. The average Bonchev–Trinajstić information content (AvgIpc) is 2.31. The van der Waals surface area contributed by atoms with E-state index in [9.17, 15) is 9.59 Å². The molecule has 0 heterocycles. The molecule has 1 aliphatic carbocycles. The Hall–Kier alpha value is -1.10. The number of carbonyl (C=O) groups is 2. The van der Waals surface area contributed by atoms with Crippen molar-refractivity contribution in [2.45, 2.75) is 51.6 Å². The Morgan fingerprint density at radius 1 is 1.35 bits per heavy atom. The molecule has 2 unspecified atom stereocenters. The molecule has 1 aliphatic rings. The van der Waals surface area contributed by atoms with E-state index in [1.165, 1.54) is 0 Å². The first kappa shape index (κ1) is 14.0. The van der Waals surface area contributed by atoms with Gasteiger partial charge >= 0.3 is 0 Å². The van der Waals surface area contributed by atoms with Crippen LogP contribution in [0.3, 0.4) is 0 Å². The third-order valence-corrected chi connectivity index (χ3v) is 3.41. The highest BCUT2D eigenvalue weighted by Gasteiger charge is 2.31. The minimum Gasteiger partial charge on any atom is -0.350 e. The second kappa shape index (κ2) is 6.59. The van der Waals surface area contributed by atoms with Gasteiger partial charge in [-0.25, -0.2) is 0 Å². The molecular formula is C12H23N3O2. The summed E-state index contributed by atoms with van der Waals surface area (Å²) in [5, 5.41) is 2.93. The van der Waals surface area contributed by atoms with Crippen LogP contribution in [0.15, 0.2) is 0 Å². The monoisotopic (exact) mass is 241 g/mol. The van der Waals surface area contributed by atoms with Gasteiger partial charge in [-0.05, 0) is 19.8 Å². The zero-order chi connectivity index (χ0) is 12.8. The van der Waals surface area contributed by atoms with E-state index in [4.69, 9.17) is 5.73 Å². The minimum absolute atomic E-state index is 0.00934. The summed E-state index contributed by atoms with van der Waals surface area (Å²) >= 11 is 0. The molecule has 0 spiro atoms. The summed E-state index contributed by atoms with van der Waals surface area (Å²) in [6.45, 7) is 4.25.